The van der Waals surface area contributed by atoms with Crippen LogP contribution < -0.4 is 0 Å². The molecule has 104 valence electrons. The third-order valence-electron chi connectivity index (χ3n) is 3.30. The van der Waals surface area contributed by atoms with Gasteiger partial charge >= 0.3 is 0 Å². The molecule has 3 rings (SSSR count). The number of Topliss-reactive ketones (excluding diaryl/α,β-unsaturated/α-hetero) is 1. The van der Waals surface area contributed by atoms with Crippen molar-refractivity contribution in [2.24, 2.45) is 0 Å². The largest absolute Gasteiger partial charge is 0.294 e. The second kappa shape index (κ2) is 5.74. The number of ketones is 1. The number of benzene rings is 2. The average molecular weight is 344 g/mol. The van der Waals surface area contributed by atoms with Crippen molar-refractivity contribution in [1.29, 1.82) is 0 Å². The molecule has 2 nitrogen and oxygen atoms in total. The van der Waals surface area contributed by atoms with Crippen molar-refractivity contribution in [3.8, 4) is 0 Å². The molecule has 0 spiro atoms. The minimum Gasteiger partial charge on any atom is -0.294 e. The summed E-state index contributed by atoms with van der Waals surface area (Å²) in [5.41, 5.74) is 2.04. The van der Waals surface area contributed by atoms with Crippen molar-refractivity contribution in [3.05, 3.63) is 76.1 Å². The van der Waals surface area contributed by atoms with Gasteiger partial charge in [-0.05, 0) is 29.8 Å². The molecule has 0 radical (unpaired) electrons. The second-order valence-corrected chi connectivity index (χ2v) is 5.57. The SMILES string of the molecule is O=C(Cc1ccc(F)cc1Br)c1cccc2cccnc12. The summed E-state index contributed by atoms with van der Waals surface area (Å²) >= 11 is 3.29. The van der Waals surface area contributed by atoms with Gasteiger partial charge in [0.05, 0.1) is 5.52 Å². The lowest BCUT2D eigenvalue weighted by atomic mass is 10.0. The van der Waals surface area contributed by atoms with Gasteiger partial charge in [0.25, 0.3) is 0 Å². The third-order valence-corrected chi connectivity index (χ3v) is 4.04. The maximum Gasteiger partial charge on any atom is 0.169 e. The Kier molecular flexibility index (Phi) is 3.80. The first kappa shape index (κ1) is 13.9. The van der Waals surface area contributed by atoms with Crippen LogP contribution in [0.5, 0.6) is 0 Å². The molecule has 21 heavy (non-hydrogen) atoms. The quantitative estimate of drug-likeness (QED) is 0.652. The zero-order chi connectivity index (χ0) is 14.8. The molecule has 4 heteroatoms. The molecule has 0 atom stereocenters. The molecule has 0 aliphatic heterocycles. The van der Waals surface area contributed by atoms with E-state index in [4.69, 9.17) is 0 Å². The molecular formula is C17H11BrFNO. The van der Waals surface area contributed by atoms with Gasteiger partial charge in [0.2, 0.25) is 0 Å². The fourth-order valence-corrected chi connectivity index (χ4v) is 2.75. The van der Waals surface area contributed by atoms with Gasteiger partial charge in [-0.1, -0.05) is 40.2 Å². The van der Waals surface area contributed by atoms with Crippen molar-refractivity contribution >= 4 is 32.6 Å². The van der Waals surface area contributed by atoms with Crippen LogP contribution in [-0.4, -0.2) is 10.8 Å². The summed E-state index contributed by atoms with van der Waals surface area (Å²) in [5.74, 6) is -0.364. The first-order valence-electron chi connectivity index (χ1n) is 6.46. The van der Waals surface area contributed by atoms with E-state index < -0.39 is 0 Å². The Morgan fingerprint density at radius 2 is 1.95 bits per heavy atom. The van der Waals surface area contributed by atoms with Crippen LogP contribution in [0.2, 0.25) is 0 Å². The smallest absolute Gasteiger partial charge is 0.169 e. The number of pyridine rings is 1. The molecule has 0 saturated heterocycles. The molecule has 3 aromatic rings. The van der Waals surface area contributed by atoms with Crippen LogP contribution in [0.3, 0.4) is 0 Å². The fourth-order valence-electron chi connectivity index (χ4n) is 2.26. The van der Waals surface area contributed by atoms with Crippen molar-refractivity contribution in [3.63, 3.8) is 0 Å². The number of fused-ring (bicyclic) bond motifs is 1. The van der Waals surface area contributed by atoms with Crippen LogP contribution in [0.15, 0.2) is 59.2 Å². The first-order valence-corrected chi connectivity index (χ1v) is 7.25. The highest BCUT2D eigenvalue weighted by molar-refractivity contribution is 9.10. The van der Waals surface area contributed by atoms with E-state index in [0.717, 1.165) is 10.9 Å². The van der Waals surface area contributed by atoms with E-state index in [-0.39, 0.29) is 18.0 Å². The van der Waals surface area contributed by atoms with Gasteiger partial charge in [-0.2, -0.15) is 0 Å². The third kappa shape index (κ3) is 2.85. The predicted molar refractivity (Wildman–Crippen MR) is 83.9 cm³/mol. The molecule has 1 heterocycles. The average Bonchev–Trinajstić information content (AvgIpc) is 2.49. The maximum atomic E-state index is 13.1. The van der Waals surface area contributed by atoms with Gasteiger partial charge in [-0.15, -0.1) is 0 Å². The number of nitrogens with zero attached hydrogens (tertiary/aromatic N) is 1. The Labute approximate surface area is 129 Å². The van der Waals surface area contributed by atoms with Gasteiger partial charge in [0, 0.05) is 28.0 Å². The Morgan fingerprint density at radius 1 is 1.14 bits per heavy atom. The van der Waals surface area contributed by atoms with Crippen LogP contribution in [-0.2, 0) is 6.42 Å². The highest BCUT2D eigenvalue weighted by Crippen LogP contribution is 2.22. The van der Waals surface area contributed by atoms with E-state index in [1.54, 1.807) is 18.3 Å². The molecule has 0 unspecified atom stereocenters. The summed E-state index contributed by atoms with van der Waals surface area (Å²) in [4.78, 5) is 16.8. The standard InChI is InChI=1S/C17H11BrFNO/c18-15-10-13(19)7-6-12(15)9-16(21)14-5-1-3-11-4-2-8-20-17(11)14/h1-8,10H,9H2. The number of aromatic nitrogens is 1. The van der Waals surface area contributed by atoms with E-state index >= 15 is 0 Å². The molecular weight excluding hydrogens is 333 g/mol. The Balaban J connectivity index is 1.97. The lowest BCUT2D eigenvalue weighted by Crippen LogP contribution is -2.05. The Bertz CT molecular complexity index is 827. The van der Waals surface area contributed by atoms with Gasteiger partial charge in [-0.25, -0.2) is 4.39 Å². The van der Waals surface area contributed by atoms with Crippen molar-refractivity contribution in [2.45, 2.75) is 6.42 Å². The zero-order valence-electron chi connectivity index (χ0n) is 11.0. The number of hydrogen-bond donors (Lipinski definition) is 0. The minimum absolute atomic E-state index is 0.0355. The summed E-state index contributed by atoms with van der Waals surface area (Å²) in [6, 6.07) is 13.6. The molecule has 2 aromatic carbocycles. The number of para-hydroxylation sites is 1. The molecule has 0 bridgehead atoms. The Hall–Kier alpha value is -2.07. The summed E-state index contributed by atoms with van der Waals surface area (Å²) < 4.78 is 13.7. The fraction of sp³-hybridized carbons (Fsp3) is 0.0588. The maximum absolute atomic E-state index is 13.1. The number of rotatable bonds is 3. The topological polar surface area (TPSA) is 30.0 Å². The van der Waals surface area contributed by atoms with E-state index in [9.17, 15) is 9.18 Å². The minimum atomic E-state index is -0.329. The van der Waals surface area contributed by atoms with Crippen molar-refractivity contribution in [2.75, 3.05) is 0 Å². The second-order valence-electron chi connectivity index (χ2n) is 4.72. The van der Waals surface area contributed by atoms with Crippen molar-refractivity contribution < 1.29 is 9.18 Å². The van der Waals surface area contributed by atoms with Crippen LogP contribution in [0.4, 0.5) is 4.39 Å². The predicted octanol–water partition coefficient (Wildman–Crippen LogP) is 4.56. The summed E-state index contributed by atoms with van der Waals surface area (Å²) in [6.07, 6.45) is 1.88. The molecule has 0 N–H and O–H groups in total. The van der Waals surface area contributed by atoms with E-state index in [1.165, 1.54) is 12.1 Å². The van der Waals surface area contributed by atoms with Crippen LogP contribution in [0.25, 0.3) is 10.9 Å². The molecule has 0 amide bonds. The first-order chi connectivity index (χ1) is 10.1. The number of hydrogen-bond acceptors (Lipinski definition) is 2. The van der Waals surface area contributed by atoms with Crippen LogP contribution in [0, 0.1) is 5.82 Å². The van der Waals surface area contributed by atoms with E-state index in [1.807, 2.05) is 24.3 Å². The molecule has 1 aromatic heterocycles. The van der Waals surface area contributed by atoms with Gasteiger partial charge in [0.1, 0.15) is 5.82 Å². The molecule has 0 aliphatic rings. The normalized spacial score (nSPS) is 10.8. The number of carbonyl (C=O) groups excluding carboxylic acids is 1. The van der Waals surface area contributed by atoms with E-state index in [0.29, 0.717) is 15.6 Å². The lowest BCUT2D eigenvalue weighted by molar-refractivity contribution is 0.0994. The zero-order valence-corrected chi connectivity index (χ0v) is 12.6. The Morgan fingerprint density at radius 3 is 2.76 bits per heavy atom. The summed E-state index contributed by atoms with van der Waals surface area (Å²) in [6.45, 7) is 0. The highest BCUT2D eigenvalue weighted by Gasteiger charge is 2.13. The highest BCUT2D eigenvalue weighted by atomic mass is 79.9. The van der Waals surface area contributed by atoms with Crippen LogP contribution in [0.1, 0.15) is 15.9 Å². The van der Waals surface area contributed by atoms with Crippen LogP contribution >= 0.6 is 15.9 Å². The number of halogens is 2. The van der Waals surface area contributed by atoms with E-state index in [2.05, 4.69) is 20.9 Å². The number of carbonyl (C=O) groups is 1. The lowest BCUT2D eigenvalue weighted by Gasteiger charge is -2.06. The molecule has 0 saturated carbocycles. The van der Waals surface area contributed by atoms with Gasteiger partial charge in [-0.3, -0.25) is 9.78 Å². The molecule has 0 aliphatic carbocycles. The molecule has 0 fully saturated rings. The van der Waals surface area contributed by atoms with Crippen molar-refractivity contribution in [1.82, 2.24) is 4.98 Å². The monoisotopic (exact) mass is 343 g/mol. The van der Waals surface area contributed by atoms with Gasteiger partial charge < -0.3 is 0 Å². The summed E-state index contributed by atoms with van der Waals surface area (Å²) in [5, 5.41) is 0.932. The van der Waals surface area contributed by atoms with Gasteiger partial charge in [0.15, 0.2) is 5.78 Å². The summed E-state index contributed by atoms with van der Waals surface area (Å²) in [7, 11) is 0.